The minimum atomic E-state index is -0.426. The monoisotopic (exact) mass is 351 g/mol. The molecule has 4 rings (SSSR count). The van der Waals surface area contributed by atoms with Crippen LogP contribution in [0.1, 0.15) is 24.5 Å². The van der Waals surface area contributed by atoms with Crippen molar-refractivity contribution < 1.29 is 9.53 Å². The van der Waals surface area contributed by atoms with Gasteiger partial charge in [-0.15, -0.1) is 0 Å². The van der Waals surface area contributed by atoms with Gasteiger partial charge in [0.1, 0.15) is 5.75 Å². The van der Waals surface area contributed by atoms with Crippen LogP contribution in [0.15, 0.2) is 48.5 Å². The van der Waals surface area contributed by atoms with Crippen molar-refractivity contribution in [3.63, 3.8) is 0 Å². The van der Waals surface area contributed by atoms with Crippen LogP contribution in [-0.4, -0.2) is 37.8 Å². The third-order valence-electron chi connectivity index (χ3n) is 5.79. The zero-order valence-corrected chi connectivity index (χ0v) is 15.5. The molecule has 2 aromatic rings. The zero-order valence-electron chi connectivity index (χ0n) is 15.5. The number of carbonyl (C=O) groups is 1. The summed E-state index contributed by atoms with van der Waals surface area (Å²) in [7, 11) is 4.32. The number of hydrogen-bond donors (Lipinski definition) is 1. The number of benzene rings is 2. The number of likely N-dealkylation sites (N-methyl/N-ethyl adjacent to an activating group) is 2. The van der Waals surface area contributed by atoms with Gasteiger partial charge in [0.05, 0.1) is 6.17 Å². The predicted octanol–water partition coefficient (Wildman–Crippen LogP) is 3.34. The zero-order chi connectivity index (χ0) is 18.3. The number of nitrogens with zero attached hydrogens (tertiary/aromatic N) is 2. The molecule has 1 N–H and O–H groups in total. The average molecular weight is 351 g/mol. The van der Waals surface area contributed by atoms with Crippen LogP contribution in [0, 0.1) is 0 Å². The minimum Gasteiger partial charge on any atom is -0.410 e. The van der Waals surface area contributed by atoms with Gasteiger partial charge in [-0.2, -0.15) is 0 Å². The van der Waals surface area contributed by atoms with Gasteiger partial charge in [-0.05, 0) is 42.8 Å². The largest absolute Gasteiger partial charge is 0.412 e. The Morgan fingerprint density at radius 1 is 1.23 bits per heavy atom. The molecule has 0 saturated carbocycles. The lowest BCUT2D eigenvalue weighted by Gasteiger charge is -2.32. The summed E-state index contributed by atoms with van der Waals surface area (Å²) in [6, 6.07) is 15.8. The van der Waals surface area contributed by atoms with E-state index in [2.05, 4.69) is 42.2 Å². The first-order chi connectivity index (χ1) is 12.5. The van der Waals surface area contributed by atoms with Gasteiger partial charge >= 0.3 is 6.09 Å². The number of rotatable bonds is 3. The van der Waals surface area contributed by atoms with E-state index >= 15 is 0 Å². The lowest BCUT2D eigenvalue weighted by Crippen LogP contribution is -2.45. The molecule has 0 aromatic heterocycles. The summed E-state index contributed by atoms with van der Waals surface area (Å²) >= 11 is 0. The average Bonchev–Trinajstić information content (AvgIpc) is 3.06. The maximum Gasteiger partial charge on any atom is 0.412 e. The van der Waals surface area contributed by atoms with Crippen molar-refractivity contribution >= 4 is 11.8 Å². The quantitative estimate of drug-likeness (QED) is 0.921. The van der Waals surface area contributed by atoms with Crippen molar-refractivity contribution in [1.82, 2.24) is 10.2 Å². The summed E-state index contributed by atoms with van der Waals surface area (Å²) in [4.78, 5) is 16.9. The molecule has 2 aliphatic heterocycles. The Hall–Kier alpha value is -2.53. The van der Waals surface area contributed by atoms with Crippen LogP contribution >= 0.6 is 0 Å². The molecular formula is C21H25N3O2. The van der Waals surface area contributed by atoms with Crippen molar-refractivity contribution in [2.75, 3.05) is 25.5 Å². The van der Waals surface area contributed by atoms with Gasteiger partial charge in [0.2, 0.25) is 0 Å². The van der Waals surface area contributed by atoms with Crippen molar-refractivity contribution in [2.24, 2.45) is 0 Å². The third kappa shape index (κ3) is 2.72. The SMILES string of the molecule is CN1CC[C@@]2(C)c3cc(OC(=O)NCc4ccccc4)ccc3N(C)C12. The topological polar surface area (TPSA) is 44.8 Å². The van der Waals surface area contributed by atoms with Crippen molar-refractivity contribution in [3.05, 3.63) is 59.7 Å². The Morgan fingerprint density at radius 3 is 2.77 bits per heavy atom. The highest BCUT2D eigenvalue weighted by Gasteiger charge is 2.52. The molecule has 2 aliphatic rings. The molecule has 1 fully saturated rings. The first-order valence-electron chi connectivity index (χ1n) is 9.06. The van der Waals surface area contributed by atoms with E-state index in [0.717, 1.165) is 18.5 Å². The summed E-state index contributed by atoms with van der Waals surface area (Å²) in [6.07, 6.45) is 1.04. The highest BCUT2D eigenvalue weighted by Crippen LogP contribution is 2.51. The molecule has 5 nitrogen and oxygen atoms in total. The maximum absolute atomic E-state index is 12.2. The summed E-state index contributed by atoms with van der Waals surface area (Å²) in [5, 5.41) is 2.81. The number of hydrogen-bond acceptors (Lipinski definition) is 4. The number of amides is 1. The molecule has 136 valence electrons. The molecule has 0 radical (unpaired) electrons. The lowest BCUT2D eigenvalue weighted by molar-refractivity contribution is 0.200. The fraction of sp³-hybridized carbons (Fsp3) is 0.381. The van der Waals surface area contributed by atoms with E-state index in [9.17, 15) is 4.79 Å². The number of nitrogens with one attached hydrogen (secondary N) is 1. The second-order valence-electron chi connectivity index (χ2n) is 7.54. The molecule has 2 atom stereocenters. The minimum absolute atomic E-state index is 0.0682. The second-order valence-corrected chi connectivity index (χ2v) is 7.54. The first-order valence-corrected chi connectivity index (χ1v) is 9.06. The van der Waals surface area contributed by atoms with E-state index in [0.29, 0.717) is 18.5 Å². The van der Waals surface area contributed by atoms with E-state index in [-0.39, 0.29) is 5.41 Å². The number of anilines is 1. The molecule has 0 spiro atoms. The van der Waals surface area contributed by atoms with Gasteiger partial charge < -0.3 is 15.0 Å². The molecule has 5 heteroatoms. The van der Waals surface area contributed by atoms with Crippen LogP contribution in [0.5, 0.6) is 5.75 Å². The Morgan fingerprint density at radius 2 is 2.00 bits per heavy atom. The fourth-order valence-electron chi connectivity index (χ4n) is 4.53. The van der Waals surface area contributed by atoms with Crippen molar-refractivity contribution in [1.29, 1.82) is 0 Å². The molecular weight excluding hydrogens is 326 g/mol. The van der Waals surface area contributed by atoms with Gasteiger partial charge in [0, 0.05) is 31.2 Å². The maximum atomic E-state index is 12.2. The number of likely N-dealkylation sites (tertiary alicyclic amines) is 1. The summed E-state index contributed by atoms with van der Waals surface area (Å²) in [5.41, 5.74) is 3.60. The molecule has 0 bridgehead atoms. The molecule has 1 unspecified atom stereocenters. The van der Waals surface area contributed by atoms with Crippen LogP contribution < -0.4 is 15.0 Å². The Balaban J connectivity index is 1.48. The van der Waals surface area contributed by atoms with Gasteiger partial charge in [-0.25, -0.2) is 4.79 Å². The Bertz CT molecular complexity index is 823. The van der Waals surface area contributed by atoms with Gasteiger partial charge in [0.15, 0.2) is 0 Å². The number of carbonyl (C=O) groups excluding carboxylic acids is 1. The smallest absolute Gasteiger partial charge is 0.410 e. The fourth-order valence-corrected chi connectivity index (χ4v) is 4.53. The van der Waals surface area contributed by atoms with Gasteiger partial charge in [0.25, 0.3) is 0 Å². The molecule has 0 aliphatic carbocycles. The second kappa shape index (κ2) is 6.32. The van der Waals surface area contributed by atoms with Crippen LogP contribution in [0.2, 0.25) is 0 Å². The van der Waals surface area contributed by atoms with Crippen LogP contribution in [0.3, 0.4) is 0 Å². The lowest BCUT2D eigenvalue weighted by atomic mass is 9.81. The summed E-state index contributed by atoms with van der Waals surface area (Å²) in [6.45, 7) is 3.84. The van der Waals surface area contributed by atoms with Crippen LogP contribution in [0.25, 0.3) is 0 Å². The number of fused-ring (bicyclic) bond motifs is 3. The van der Waals surface area contributed by atoms with Crippen molar-refractivity contribution in [2.45, 2.75) is 31.5 Å². The Kier molecular flexibility index (Phi) is 4.11. The first kappa shape index (κ1) is 16.9. The van der Waals surface area contributed by atoms with Gasteiger partial charge in [-0.1, -0.05) is 37.3 Å². The molecule has 2 aromatic carbocycles. The van der Waals surface area contributed by atoms with E-state index in [1.807, 2.05) is 42.5 Å². The van der Waals surface area contributed by atoms with E-state index in [1.54, 1.807) is 0 Å². The summed E-state index contributed by atoms with van der Waals surface area (Å²) in [5.74, 6) is 0.596. The Labute approximate surface area is 154 Å². The van der Waals surface area contributed by atoms with Crippen LogP contribution in [-0.2, 0) is 12.0 Å². The molecule has 1 saturated heterocycles. The summed E-state index contributed by atoms with van der Waals surface area (Å²) < 4.78 is 5.53. The highest BCUT2D eigenvalue weighted by molar-refractivity contribution is 5.72. The number of ether oxygens (including phenoxy) is 1. The van der Waals surface area contributed by atoms with E-state index in [1.165, 1.54) is 11.3 Å². The van der Waals surface area contributed by atoms with E-state index < -0.39 is 6.09 Å². The normalized spacial score (nSPS) is 24.3. The molecule has 26 heavy (non-hydrogen) atoms. The van der Waals surface area contributed by atoms with Crippen LogP contribution in [0.4, 0.5) is 10.5 Å². The molecule has 1 amide bonds. The van der Waals surface area contributed by atoms with Crippen molar-refractivity contribution in [3.8, 4) is 5.75 Å². The van der Waals surface area contributed by atoms with Gasteiger partial charge in [-0.3, -0.25) is 4.90 Å². The predicted molar refractivity (Wildman–Crippen MR) is 103 cm³/mol. The van der Waals surface area contributed by atoms with E-state index in [4.69, 9.17) is 4.74 Å². The standard InChI is InChI=1S/C21H25N3O2/c1-21-11-12-23(2)19(21)24(3)18-10-9-16(13-17(18)21)26-20(25)22-14-15-7-5-4-6-8-15/h4-10,13,19H,11-12,14H2,1-3H3,(H,22,25)/t19?,21-/m0/s1. The highest BCUT2D eigenvalue weighted by atomic mass is 16.6. The third-order valence-corrected chi connectivity index (χ3v) is 5.79. The molecule has 2 heterocycles.